The molecule has 7 heteroatoms. The van der Waals surface area contributed by atoms with Crippen LogP contribution in [0.1, 0.15) is 5.69 Å². The Labute approximate surface area is 151 Å². The molecule has 1 aliphatic rings. The number of carbonyl (C=O) groups excluding carboxylic acids is 1. The van der Waals surface area contributed by atoms with Crippen molar-refractivity contribution in [3.63, 3.8) is 0 Å². The van der Waals surface area contributed by atoms with E-state index in [9.17, 15) is 4.79 Å². The average molecular weight is 348 g/mol. The number of nitrogens with zero attached hydrogens (tertiary/aromatic N) is 5. The summed E-state index contributed by atoms with van der Waals surface area (Å²) in [5, 5.41) is 0.984. The Kier molecular flexibility index (Phi) is 4.35. The van der Waals surface area contributed by atoms with Crippen LogP contribution in [0.3, 0.4) is 0 Å². The zero-order valence-corrected chi connectivity index (χ0v) is 14.4. The van der Waals surface area contributed by atoms with Gasteiger partial charge in [-0.2, -0.15) is 0 Å². The number of anilines is 2. The number of carbonyl (C=O) groups is 1. The van der Waals surface area contributed by atoms with Crippen LogP contribution >= 0.6 is 0 Å². The van der Waals surface area contributed by atoms with Gasteiger partial charge in [0.2, 0.25) is 11.9 Å². The van der Waals surface area contributed by atoms with Crippen LogP contribution in [0, 0.1) is 0 Å². The number of benzene rings is 1. The minimum atomic E-state index is 0.0981. The second kappa shape index (κ2) is 6.95. The highest BCUT2D eigenvalue weighted by atomic mass is 16.2. The lowest BCUT2D eigenvalue weighted by Gasteiger charge is -2.34. The van der Waals surface area contributed by atoms with Crippen LogP contribution in [-0.4, -0.2) is 51.9 Å². The predicted octanol–water partition coefficient (Wildman–Crippen LogP) is 1.50. The van der Waals surface area contributed by atoms with Gasteiger partial charge in [-0.05, 0) is 30.3 Å². The molecular weight excluding hydrogens is 328 g/mol. The van der Waals surface area contributed by atoms with Gasteiger partial charge in [0.25, 0.3) is 0 Å². The number of hydrogen-bond donors (Lipinski definition) is 1. The third kappa shape index (κ3) is 3.42. The molecule has 0 atom stereocenters. The Hall–Kier alpha value is -3.22. The second-order valence-corrected chi connectivity index (χ2v) is 6.35. The van der Waals surface area contributed by atoms with E-state index in [1.54, 1.807) is 18.5 Å². The van der Waals surface area contributed by atoms with Crippen molar-refractivity contribution in [2.75, 3.05) is 36.8 Å². The average Bonchev–Trinajstić information content (AvgIpc) is 2.69. The number of hydrogen-bond acceptors (Lipinski definition) is 6. The molecule has 0 spiro atoms. The quantitative estimate of drug-likeness (QED) is 0.722. The van der Waals surface area contributed by atoms with Gasteiger partial charge < -0.3 is 15.5 Å². The molecule has 1 aromatic carbocycles. The largest absolute Gasteiger partial charge is 0.399 e. The van der Waals surface area contributed by atoms with Gasteiger partial charge in [0.05, 0.1) is 17.6 Å². The Morgan fingerprint density at radius 2 is 1.81 bits per heavy atom. The Bertz CT molecular complexity index is 922. The fourth-order valence-corrected chi connectivity index (χ4v) is 3.16. The smallest absolute Gasteiger partial charge is 0.228 e. The number of piperazine rings is 1. The van der Waals surface area contributed by atoms with Crippen LogP contribution < -0.4 is 10.6 Å². The summed E-state index contributed by atoms with van der Waals surface area (Å²) in [6.45, 7) is 2.81. The first kappa shape index (κ1) is 16.3. The summed E-state index contributed by atoms with van der Waals surface area (Å²) in [6.07, 6.45) is 3.78. The van der Waals surface area contributed by atoms with E-state index in [1.165, 1.54) is 0 Å². The molecule has 1 saturated heterocycles. The van der Waals surface area contributed by atoms with Crippen molar-refractivity contribution >= 4 is 28.4 Å². The van der Waals surface area contributed by atoms with Crippen molar-refractivity contribution in [3.8, 4) is 0 Å². The van der Waals surface area contributed by atoms with Crippen molar-refractivity contribution in [1.29, 1.82) is 0 Å². The molecule has 0 unspecified atom stereocenters. The van der Waals surface area contributed by atoms with Gasteiger partial charge >= 0.3 is 0 Å². The molecule has 2 aromatic heterocycles. The third-order valence-electron chi connectivity index (χ3n) is 4.57. The van der Waals surface area contributed by atoms with Gasteiger partial charge in [-0.1, -0.05) is 6.07 Å². The Morgan fingerprint density at radius 1 is 1.04 bits per heavy atom. The molecule has 0 radical (unpaired) electrons. The molecule has 26 heavy (non-hydrogen) atoms. The van der Waals surface area contributed by atoms with Gasteiger partial charge in [0, 0.05) is 49.6 Å². The van der Waals surface area contributed by atoms with E-state index in [4.69, 9.17) is 5.73 Å². The second-order valence-electron chi connectivity index (χ2n) is 6.35. The van der Waals surface area contributed by atoms with Crippen LogP contribution in [0.4, 0.5) is 11.6 Å². The third-order valence-corrected chi connectivity index (χ3v) is 4.57. The maximum absolute atomic E-state index is 12.6. The predicted molar refractivity (Wildman–Crippen MR) is 101 cm³/mol. The van der Waals surface area contributed by atoms with Crippen molar-refractivity contribution in [1.82, 2.24) is 19.9 Å². The highest BCUT2D eigenvalue weighted by molar-refractivity contribution is 5.83. The van der Waals surface area contributed by atoms with Crippen LogP contribution in [0.15, 0.2) is 48.8 Å². The molecule has 3 heterocycles. The summed E-state index contributed by atoms with van der Waals surface area (Å²) in [7, 11) is 0. The first-order valence-electron chi connectivity index (χ1n) is 8.64. The van der Waals surface area contributed by atoms with Gasteiger partial charge in [0.1, 0.15) is 0 Å². The number of fused-ring (bicyclic) bond motifs is 1. The minimum absolute atomic E-state index is 0.0981. The first-order valence-corrected chi connectivity index (χ1v) is 8.64. The number of amides is 1. The molecule has 0 bridgehead atoms. The van der Waals surface area contributed by atoms with Crippen molar-refractivity contribution in [2.24, 2.45) is 0 Å². The maximum Gasteiger partial charge on any atom is 0.228 e. The highest BCUT2D eigenvalue weighted by Gasteiger charge is 2.22. The van der Waals surface area contributed by atoms with Gasteiger partial charge in [0.15, 0.2) is 0 Å². The van der Waals surface area contributed by atoms with Crippen LogP contribution in [0.5, 0.6) is 0 Å². The lowest BCUT2D eigenvalue weighted by Crippen LogP contribution is -2.49. The lowest BCUT2D eigenvalue weighted by molar-refractivity contribution is -0.130. The summed E-state index contributed by atoms with van der Waals surface area (Å²) in [4.78, 5) is 29.7. The van der Waals surface area contributed by atoms with E-state index >= 15 is 0 Å². The first-order chi connectivity index (χ1) is 12.7. The number of pyridine rings is 1. The van der Waals surface area contributed by atoms with E-state index in [-0.39, 0.29) is 5.91 Å². The zero-order valence-electron chi connectivity index (χ0n) is 14.4. The molecule has 3 aromatic rings. The Morgan fingerprint density at radius 3 is 2.58 bits per heavy atom. The zero-order chi connectivity index (χ0) is 17.9. The van der Waals surface area contributed by atoms with Crippen LogP contribution in [0.2, 0.25) is 0 Å². The van der Waals surface area contributed by atoms with E-state index in [0.29, 0.717) is 25.2 Å². The standard InChI is InChI=1S/C19H20N6O/c20-15-3-5-17-14(12-15)2-4-16(23-17)13-18(26)24-8-10-25(11-9-24)19-21-6-1-7-22-19/h1-7,12H,8-11,13,20H2. The Balaban J connectivity index is 1.39. The molecule has 7 nitrogen and oxygen atoms in total. The van der Waals surface area contributed by atoms with E-state index in [2.05, 4.69) is 19.9 Å². The molecule has 0 aliphatic carbocycles. The number of nitrogen functional groups attached to an aromatic ring is 1. The van der Waals surface area contributed by atoms with Gasteiger partial charge in [-0.25, -0.2) is 9.97 Å². The summed E-state index contributed by atoms with van der Waals surface area (Å²) in [5.74, 6) is 0.816. The summed E-state index contributed by atoms with van der Waals surface area (Å²) in [5.41, 5.74) is 8.14. The number of aromatic nitrogens is 3. The topological polar surface area (TPSA) is 88.2 Å². The van der Waals surface area contributed by atoms with Crippen LogP contribution in [-0.2, 0) is 11.2 Å². The molecule has 0 saturated carbocycles. The molecular formula is C19H20N6O. The normalized spacial score (nSPS) is 14.6. The lowest BCUT2D eigenvalue weighted by atomic mass is 10.1. The van der Waals surface area contributed by atoms with E-state index in [0.717, 1.165) is 35.6 Å². The molecule has 2 N–H and O–H groups in total. The maximum atomic E-state index is 12.6. The number of nitrogens with two attached hydrogens (primary N) is 1. The summed E-state index contributed by atoms with van der Waals surface area (Å²) < 4.78 is 0. The highest BCUT2D eigenvalue weighted by Crippen LogP contribution is 2.17. The van der Waals surface area contributed by atoms with Gasteiger partial charge in [-0.15, -0.1) is 0 Å². The molecule has 1 amide bonds. The molecule has 1 aliphatic heterocycles. The van der Waals surface area contributed by atoms with Crippen molar-refractivity contribution in [3.05, 3.63) is 54.5 Å². The monoisotopic (exact) mass is 348 g/mol. The van der Waals surface area contributed by atoms with E-state index < -0.39 is 0 Å². The SMILES string of the molecule is Nc1ccc2nc(CC(=O)N3CCN(c4ncccn4)CC3)ccc2c1. The van der Waals surface area contributed by atoms with Gasteiger partial charge in [-0.3, -0.25) is 9.78 Å². The van der Waals surface area contributed by atoms with Crippen molar-refractivity contribution < 1.29 is 4.79 Å². The number of rotatable bonds is 3. The molecule has 1 fully saturated rings. The fourth-order valence-electron chi connectivity index (χ4n) is 3.16. The minimum Gasteiger partial charge on any atom is -0.399 e. The van der Waals surface area contributed by atoms with Crippen LogP contribution in [0.25, 0.3) is 10.9 Å². The fraction of sp³-hybridized carbons (Fsp3) is 0.263. The molecule has 4 rings (SSSR count). The summed E-state index contributed by atoms with van der Waals surface area (Å²) >= 11 is 0. The van der Waals surface area contributed by atoms with Crippen molar-refractivity contribution in [2.45, 2.75) is 6.42 Å². The summed E-state index contributed by atoms with van der Waals surface area (Å²) in [6, 6.07) is 11.3. The molecule has 132 valence electrons. The van der Waals surface area contributed by atoms with E-state index in [1.807, 2.05) is 35.2 Å².